The summed E-state index contributed by atoms with van der Waals surface area (Å²) in [4.78, 5) is 19.9. The van der Waals surface area contributed by atoms with Crippen molar-refractivity contribution in [2.45, 2.75) is 32.2 Å². The van der Waals surface area contributed by atoms with Gasteiger partial charge in [-0.15, -0.1) is 11.3 Å². The average Bonchev–Trinajstić information content (AvgIpc) is 3.31. The van der Waals surface area contributed by atoms with Crippen LogP contribution in [0, 0.1) is 18.8 Å². The summed E-state index contributed by atoms with van der Waals surface area (Å²) < 4.78 is 0. The first-order valence-electron chi connectivity index (χ1n) is 9.44. The molecule has 2 N–H and O–H groups in total. The number of rotatable bonds is 4. The third-order valence-electron chi connectivity index (χ3n) is 5.67. The third-order valence-corrected chi connectivity index (χ3v) is 6.59. The van der Waals surface area contributed by atoms with E-state index in [2.05, 4.69) is 46.2 Å². The highest BCUT2D eigenvalue weighted by Crippen LogP contribution is 2.29. The molecule has 4 rings (SSSR count). The van der Waals surface area contributed by atoms with Crippen LogP contribution in [0.2, 0.25) is 0 Å². The minimum atomic E-state index is 0.153. The molecule has 2 aliphatic heterocycles. The molecule has 1 aromatic heterocycles. The number of thiazole rings is 1. The van der Waals surface area contributed by atoms with Gasteiger partial charge in [-0.3, -0.25) is 15.6 Å². The normalized spacial score (nSPS) is 26.2. The Balaban J connectivity index is 1.43. The zero-order valence-electron chi connectivity index (χ0n) is 15.1. The van der Waals surface area contributed by atoms with Crippen molar-refractivity contribution in [3.63, 3.8) is 0 Å². The summed E-state index contributed by atoms with van der Waals surface area (Å²) in [5.74, 6) is 1.20. The minimum absolute atomic E-state index is 0.153. The lowest BCUT2D eigenvalue weighted by Crippen LogP contribution is -2.48. The quantitative estimate of drug-likeness (QED) is 0.869. The number of hydrazine groups is 1. The zero-order chi connectivity index (χ0) is 17.9. The van der Waals surface area contributed by atoms with Crippen LogP contribution in [0.5, 0.6) is 0 Å². The molecule has 0 spiro atoms. The largest absolute Gasteiger partial charge is 0.338 e. The molecule has 2 aromatic rings. The summed E-state index contributed by atoms with van der Waals surface area (Å²) >= 11 is 1.46. The number of hydrogen-bond acceptors (Lipinski definition) is 5. The number of benzene rings is 1. The SMILES string of the molecule is Cc1ncsc1C(=O)N1CCCC(C2NNCC2Cc2ccccc2)C1. The van der Waals surface area contributed by atoms with Gasteiger partial charge in [0.15, 0.2) is 0 Å². The van der Waals surface area contributed by atoms with E-state index >= 15 is 0 Å². The molecule has 6 heteroatoms. The van der Waals surface area contributed by atoms with Crippen LogP contribution in [0.4, 0.5) is 0 Å². The molecule has 2 aliphatic rings. The number of piperidine rings is 1. The fourth-order valence-electron chi connectivity index (χ4n) is 4.31. The van der Waals surface area contributed by atoms with Crippen molar-refractivity contribution < 1.29 is 4.79 Å². The smallest absolute Gasteiger partial charge is 0.265 e. The molecule has 0 bridgehead atoms. The molecular weight excluding hydrogens is 344 g/mol. The Morgan fingerprint density at radius 1 is 1.35 bits per heavy atom. The van der Waals surface area contributed by atoms with Gasteiger partial charge in [0.05, 0.1) is 11.2 Å². The van der Waals surface area contributed by atoms with E-state index in [-0.39, 0.29) is 5.91 Å². The Kier molecular flexibility index (Phi) is 5.33. The van der Waals surface area contributed by atoms with Crippen LogP contribution in [0.25, 0.3) is 0 Å². The van der Waals surface area contributed by atoms with E-state index in [1.165, 1.54) is 23.3 Å². The van der Waals surface area contributed by atoms with Gasteiger partial charge in [0, 0.05) is 25.7 Å². The molecule has 5 nitrogen and oxygen atoms in total. The summed E-state index contributed by atoms with van der Waals surface area (Å²) in [6.07, 6.45) is 3.32. The van der Waals surface area contributed by atoms with Crippen molar-refractivity contribution in [3.8, 4) is 0 Å². The fourth-order valence-corrected chi connectivity index (χ4v) is 5.08. The Bertz CT molecular complexity index is 747. The summed E-state index contributed by atoms with van der Waals surface area (Å²) in [7, 11) is 0. The second-order valence-corrected chi connectivity index (χ2v) is 8.28. The molecule has 1 aromatic carbocycles. The highest BCUT2D eigenvalue weighted by Gasteiger charge is 2.37. The van der Waals surface area contributed by atoms with Crippen LogP contribution in [-0.4, -0.2) is 41.5 Å². The van der Waals surface area contributed by atoms with E-state index in [9.17, 15) is 4.79 Å². The molecule has 2 fully saturated rings. The van der Waals surface area contributed by atoms with Crippen molar-refractivity contribution in [1.82, 2.24) is 20.7 Å². The molecule has 3 heterocycles. The van der Waals surface area contributed by atoms with Gasteiger partial charge < -0.3 is 4.90 Å². The molecule has 0 radical (unpaired) electrons. The number of nitrogens with zero attached hydrogens (tertiary/aromatic N) is 2. The van der Waals surface area contributed by atoms with Crippen molar-refractivity contribution in [2.24, 2.45) is 11.8 Å². The van der Waals surface area contributed by atoms with E-state index in [1.807, 2.05) is 11.8 Å². The first-order chi connectivity index (χ1) is 12.7. The highest BCUT2D eigenvalue weighted by molar-refractivity contribution is 7.11. The third kappa shape index (κ3) is 3.68. The van der Waals surface area contributed by atoms with E-state index < -0.39 is 0 Å². The number of amides is 1. The Morgan fingerprint density at radius 3 is 2.96 bits per heavy atom. The second kappa shape index (κ2) is 7.86. The second-order valence-electron chi connectivity index (χ2n) is 7.42. The molecule has 0 saturated carbocycles. The fraction of sp³-hybridized carbons (Fsp3) is 0.500. The summed E-state index contributed by atoms with van der Waals surface area (Å²) in [5.41, 5.74) is 10.9. The van der Waals surface area contributed by atoms with Gasteiger partial charge in [0.1, 0.15) is 4.88 Å². The molecule has 1 amide bonds. The van der Waals surface area contributed by atoms with Gasteiger partial charge >= 0.3 is 0 Å². The van der Waals surface area contributed by atoms with Gasteiger partial charge in [-0.2, -0.15) is 0 Å². The lowest BCUT2D eigenvalue weighted by Gasteiger charge is -2.37. The molecule has 2 saturated heterocycles. The molecule has 138 valence electrons. The van der Waals surface area contributed by atoms with Crippen LogP contribution >= 0.6 is 11.3 Å². The molecule has 3 atom stereocenters. The first kappa shape index (κ1) is 17.6. The summed E-state index contributed by atoms with van der Waals surface area (Å²) in [5, 5.41) is 0. The lowest BCUT2D eigenvalue weighted by molar-refractivity contribution is 0.0639. The van der Waals surface area contributed by atoms with Crippen LogP contribution in [0.1, 0.15) is 33.8 Å². The lowest BCUT2D eigenvalue weighted by atomic mass is 9.81. The van der Waals surface area contributed by atoms with E-state index in [1.54, 1.807) is 5.51 Å². The van der Waals surface area contributed by atoms with Gasteiger partial charge in [-0.1, -0.05) is 30.3 Å². The van der Waals surface area contributed by atoms with Gasteiger partial charge in [0.25, 0.3) is 5.91 Å². The van der Waals surface area contributed by atoms with Crippen molar-refractivity contribution in [1.29, 1.82) is 0 Å². The Labute approximate surface area is 158 Å². The summed E-state index contributed by atoms with van der Waals surface area (Å²) in [6, 6.07) is 11.1. The molecular formula is C20H26N4OS. The van der Waals surface area contributed by atoms with Crippen LogP contribution < -0.4 is 10.9 Å². The average molecular weight is 371 g/mol. The predicted octanol–water partition coefficient (Wildman–Crippen LogP) is 2.64. The number of aryl methyl sites for hydroxylation is 1. The van der Waals surface area contributed by atoms with Gasteiger partial charge in [-0.05, 0) is 43.6 Å². The topological polar surface area (TPSA) is 57.3 Å². The van der Waals surface area contributed by atoms with Gasteiger partial charge in [0.2, 0.25) is 0 Å². The van der Waals surface area contributed by atoms with Crippen molar-refractivity contribution in [3.05, 3.63) is 52.0 Å². The molecule has 0 aliphatic carbocycles. The maximum atomic E-state index is 12.9. The highest BCUT2D eigenvalue weighted by atomic mass is 32.1. The Morgan fingerprint density at radius 2 is 2.19 bits per heavy atom. The maximum Gasteiger partial charge on any atom is 0.265 e. The number of carbonyl (C=O) groups excluding carboxylic acids is 1. The maximum absolute atomic E-state index is 12.9. The van der Waals surface area contributed by atoms with E-state index in [0.717, 1.165) is 43.0 Å². The number of hydrogen-bond donors (Lipinski definition) is 2. The zero-order valence-corrected chi connectivity index (χ0v) is 16.0. The predicted molar refractivity (Wildman–Crippen MR) is 104 cm³/mol. The van der Waals surface area contributed by atoms with Crippen LogP contribution in [-0.2, 0) is 6.42 Å². The number of nitrogens with one attached hydrogen (secondary N) is 2. The molecule has 26 heavy (non-hydrogen) atoms. The first-order valence-corrected chi connectivity index (χ1v) is 10.3. The van der Waals surface area contributed by atoms with Crippen molar-refractivity contribution >= 4 is 17.2 Å². The molecule has 3 unspecified atom stereocenters. The van der Waals surface area contributed by atoms with Crippen LogP contribution in [0.3, 0.4) is 0 Å². The van der Waals surface area contributed by atoms with Gasteiger partial charge in [-0.25, -0.2) is 4.98 Å². The van der Waals surface area contributed by atoms with E-state index in [0.29, 0.717) is 17.9 Å². The Hall–Kier alpha value is -1.76. The monoisotopic (exact) mass is 370 g/mol. The number of carbonyl (C=O) groups is 1. The summed E-state index contributed by atoms with van der Waals surface area (Å²) in [6.45, 7) is 4.60. The van der Waals surface area contributed by atoms with E-state index in [4.69, 9.17) is 0 Å². The number of aromatic nitrogens is 1. The van der Waals surface area contributed by atoms with Crippen molar-refractivity contribution in [2.75, 3.05) is 19.6 Å². The van der Waals surface area contributed by atoms with Crippen LogP contribution in [0.15, 0.2) is 35.8 Å². The minimum Gasteiger partial charge on any atom is -0.338 e. The number of likely N-dealkylation sites (tertiary alicyclic amines) is 1. The standard InChI is InChI=1S/C20H26N4OS/c1-14-19(26-13-21-14)20(25)24-9-5-8-16(12-24)18-17(11-22-23-18)10-15-6-3-2-4-7-15/h2-4,6-7,13,16-18,22-23H,5,8-12H2,1H3.